The van der Waals surface area contributed by atoms with E-state index in [0.29, 0.717) is 4.90 Å². The first-order valence-corrected chi connectivity index (χ1v) is 7.03. The van der Waals surface area contributed by atoms with Crippen molar-refractivity contribution in [2.24, 2.45) is 16.8 Å². The second-order valence-electron chi connectivity index (χ2n) is 4.57. The summed E-state index contributed by atoms with van der Waals surface area (Å²) >= 11 is 0. The summed E-state index contributed by atoms with van der Waals surface area (Å²) < 4.78 is 11.2. The summed E-state index contributed by atoms with van der Waals surface area (Å²) in [5.74, 6) is 0.735. The largest absolute Gasteiger partial charge is 0.324 e. The van der Waals surface area contributed by atoms with E-state index >= 15 is 0 Å². The average Bonchev–Trinajstić information content (AvgIpc) is 3.09. The molecule has 2 atom stereocenters. The van der Waals surface area contributed by atoms with Crippen molar-refractivity contribution in [2.45, 2.75) is 30.7 Å². The van der Waals surface area contributed by atoms with Crippen molar-refractivity contribution in [3.05, 3.63) is 35.4 Å². The highest BCUT2D eigenvalue weighted by Crippen LogP contribution is 2.31. The van der Waals surface area contributed by atoms with Gasteiger partial charge in [0.2, 0.25) is 0 Å². The molecule has 0 bridgehead atoms. The van der Waals surface area contributed by atoms with Gasteiger partial charge in [-0.15, -0.1) is 0 Å². The molecule has 0 radical (unpaired) electrons. The van der Waals surface area contributed by atoms with Crippen LogP contribution in [0.5, 0.6) is 0 Å². The molecule has 1 aromatic rings. The quantitative estimate of drug-likeness (QED) is 0.859. The molecule has 0 aliphatic heterocycles. The topological polar surface area (TPSA) is 69.1 Å². The maximum atomic E-state index is 11.2. The van der Waals surface area contributed by atoms with Crippen molar-refractivity contribution in [1.82, 2.24) is 0 Å². The molecule has 1 aromatic carbocycles. The van der Waals surface area contributed by atoms with Crippen molar-refractivity contribution in [2.75, 3.05) is 0 Å². The van der Waals surface area contributed by atoms with Gasteiger partial charge in [-0.3, -0.25) is 0 Å². The van der Waals surface area contributed by atoms with Crippen LogP contribution in [0.1, 0.15) is 36.9 Å². The average molecular weight is 250 g/mol. The molecule has 92 valence electrons. The van der Waals surface area contributed by atoms with E-state index in [9.17, 15) is 4.21 Å². The van der Waals surface area contributed by atoms with Crippen LogP contribution in [-0.2, 0) is 11.0 Å². The van der Waals surface area contributed by atoms with E-state index in [1.54, 1.807) is 6.07 Å². The Morgan fingerprint density at radius 1 is 1.47 bits per heavy atom. The molecule has 2 rings (SSSR count). The summed E-state index contributed by atoms with van der Waals surface area (Å²) in [6, 6.07) is 5.50. The second-order valence-corrected chi connectivity index (χ2v) is 5.64. The van der Waals surface area contributed by atoms with E-state index in [0.717, 1.165) is 17.0 Å². The Balaban J connectivity index is 2.33. The lowest BCUT2D eigenvalue weighted by molar-refractivity contribution is 0.684. The number of benzene rings is 1. The molecule has 0 heterocycles. The SMILES string of the molecule is C[C@H](N)c1cc(S(N)=O)ccc1/C=C/C1CC1. The summed E-state index contributed by atoms with van der Waals surface area (Å²) in [5, 5.41) is 5.38. The Kier molecular flexibility index (Phi) is 3.76. The molecule has 17 heavy (non-hydrogen) atoms. The van der Waals surface area contributed by atoms with Gasteiger partial charge in [-0.25, -0.2) is 9.35 Å². The van der Waals surface area contributed by atoms with Gasteiger partial charge < -0.3 is 5.73 Å². The van der Waals surface area contributed by atoms with Crippen LogP contribution in [0, 0.1) is 5.92 Å². The number of nitrogens with two attached hydrogens (primary N) is 2. The van der Waals surface area contributed by atoms with E-state index in [1.165, 1.54) is 12.8 Å². The lowest BCUT2D eigenvalue weighted by atomic mass is 10.0. The van der Waals surface area contributed by atoms with Crippen LogP contribution in [0.4, 0.5) is 0 Å². The molecular weight excluding hydrogens is 232 g/mol. The van der Waals surface area contributed by atoms with Crippen molar-refractivity contribution < 1.29 is 4.21 Å². The summed E-state index contributed by atoms with van der Waals surface area (Å²) in [5.41, 5.74) is 8.03. The van der Waals surface area contributed by atoms with Crippen LogP contribution < -0.4 is 10.9 Å². The van der Waals surface area contributed by atoms with Crippen LogP contribution in [0.15, 0.2) is 29.2 Å². The lowest BCUT2D eigenvalue weighted by Gasteiger charge is -2.11. The molecule has 0 amide bonds. The summed E-state index contributed by atoms with van der Waals surface area (Å²) in [6.07, 6.45) is 6.91. The van der Waals surface area contributed by atoms with Gasteiger partial charge in [0.25, 0.3) is 0 Å². The lowest BCUT2D eigenvalue weighted by Crippen LogP contribution is -2.09. The standard InChI is InChI=1S/C13H18N2OS/c1-9(14)13-8-12(17(15)16)7-6-11(13)5-4-10-2-3-10/h4-10H,2-3,14-15H2,1H3/b5-4+/t9-,17?/m0/s1. The molecule has 1 aliphatic rings. The third-order valence-electron chi connectivity index (χ3n) is 2.95. The van der Waals surface area contributed by atoms with Crippen molar-refractivity contribution in [3.63, 3.8) is 0 Å². The van der Waals surface area contributed by atoms with E-state index < -0.39 is 11.0 Å². The Morgan fingerprint density at radius 3 is 2.71 bits per heavy atom. The van der Waals surface area contributed by atoms with Crippen LogP contribution in [0.2, 0.25) is 0 Å². The Labute approximate surface area is 104 Å². The first-order chi connectivity index (χ1) is 8.08. The molecule has 1 fully saturated rings. The van der Waals surface area contributed by atoms with E-state index in [1.807, 2.05) is 19.1 Å². The summed E-state index contributed by atoms with van der Waals surface area (Å²) in [7, 11) is -1.44. The molecule has 0 spiro atoms. The molecular formula is C13H18N2OS. The minimum absolute atomic E-state index is 0.0858. The fourth-order valence-electron chi connectivity index (χ4n) is 1.75. The predicted molar refractivity (Wildman–Crippen MR) is 71.4 cm³/mol. The number of hydrogen-bond acceptors (Lipinski definition) is 2. The zero-order valence-electron chi connectivity index (χ0n) is 9.93. The van der Waals surface area contributed by atoms with E-state index in [-0.39, 0.29) is 6.04 Å². The monoisotopic (exact) mass is 250 g/mol. The summed E-state index contributed by atoms with van der Waals surface area (Å²) in [4.78, 5) is 0.626. The van der Waals surface area contributed by atoms with Gasteiger partial charge in [0.15, 0.2) is 0 Å². The van der Waals surface area contributed by atoms with E-state index in [4.69, 9.17) is 10.9 Å². The number of allylic oxidation sites excluding steroid dienone is 1. The maximum Gasteiger partial charge on any atom is 0.122 e. The number of rotatable bonds is 4. The highest BCUT2D eigenvalue weighted by molar-refractivity contribution is 7.82. The first-order valence-electron chi connectivity index (χ1n) is 5.82. The van der Waals surface area contributed by atoms with Gasteiger partial charge in [-0.2, -0.15) is 0 Å². The fourth-order valence-corrected chi connectivity index (χ4v) is 2.20. The molecule has 4 heteroatoms. The highest BCUT2D eigenvalue weighted by Gasteiger charge is 2.17. The third kappa shape index (κ3) is 3.25. The first kappa shape index (κ1) is 12.5. The van der Waals surface area contributed by atoms with Crippen molar-refractivity contribution >= 4 is 17.1 Å². The van der Waals surface area contributed by atoms with Crippen LogP contribution >= 0.6 is 0 Å². The van der Waals surface area contributed by atoms with Crippen LogP contribution in [-0.4, -0.2) is 4.21 Å². The van der Waals surface area contributed by atoms with Crippen molar-refractivity contribution in [3.8, 4) is 0 Å². The molecule has 1 aliphatic carbocycles. The Morgan fingerprint density at radius 2 is 2.18 bits per heavy atom. The second kappa shape index (κ2) is 5.12. The van der Waals surface area contributed by atoms with Crippen LogP contribution in [0.25, 0.3) is 6.08 Å². The molecule has 0 aromatic heterocycles. The zero-order chi connectivity index (χ0) is 12.4. The smallest absolute Gasteiger partial charge is 0.122 e. The van der Waals surface area contributed by atoms with Gasteiger partial charge in [0.05, 0.1) is 4.90 Å². The minimum atomic E-state index is -1.44. The Bertz CT molecular complexity index is 464. The molecule has 4 N–H and O–H groups in total. The van der Waals surface area contributed by atoms with Gasteiger partial charge in [0, 0.05) is 6.04 Å². The van der Waals surface area contributed by atoms with E-state index in [2.05, 4.69) is 12.2 Å². The normalized spacial score (nSPS) is 19.5. The molecule has 3 nitrogen and oxygen atoms in total. The predicted octanol–water partition coefficient (Wildman–Crippen LogP) is 2.11. The summed E-state index contributed by atoms with van der Waals surface area (Å²) in [6.45, 7) is 1.92. The fraction of sp³-hybridized carbons (Fsp3) is 0.385. The van der Waals surface area contributed by atoms with Gasteiger partial charge >= 0.3 is 0 Å². The molecule has 1 saturated carbocycles. The van der Waals surface area contributed by atoms with Gasteiger partial charge in [-0.05, 0) is 48.9 Å². The van der Waals surface area contributed by atoms with Gasteiger partial charge in [-0.1, -0.05) is 18.2 Å². The zero-order valence-corrected chi connectivity index (χ0v) is 10.7. The third-order valence-corrected chi connectivity index (χ3v) is 3.67. The molecule has 0 saturated heterocycles. The Hall–Kier alpha value is -0.970. The van der Waals surface area contributed by atoms with Gasteiger partial charge in [0.1, 0.15) is 11.0 Å². The molecule has 1 unspecified atom stereocenters. The number of hydrogen-bond donors (Lipinski definition) is 2. The van der Waals surface area contributed by atoms with Crippen LogP contribution in [0.3, 0.4) is 0 Å². The van der Waals surface area contributed by atoms with Crippen molar-refractivity contribution in [1.29, 1.82) is 0 Å². The minimum Gasteiger partial charge on any atom is -0.324 e. The maximum absolute atomic E-state index is 11.2. The highest BCUT2D eigenvalue weighted by atomic mass is 32.2.